The van der Waals surface area contributed by atoms with E-state index in [4.69, 9.17) is 5.73 Å². The molecular formula is C12H11F4N3O2. The van der Waals surface area contributed by atoms with Crippen molar-refractivity contribution in [3.8, 4) is 0 Å². The Hall–Kier alpha value is -2.32. The van der Waals surface area contributed by atoms with E-state index in [9.17, 15) is 27.2 Å². The van der Waals surface area contributed by atoms with Crippen LogP contribution in [0.5, 0.6) is 0 Å². The molecule has 1 fully saturated rings. The molecule has 1 aromatic rings. The second-order valence-corrected chi connectivity index (χ2v) is 4.75. The maximum absolute atomic E-state index is 13.6. The molecule has 1 aliphatic rings. The average Bonchev–Trinajstić information content (AvgIpc) is 2.57. The second-order valence-electron chi connectivity index (χ2n) is 4.75. The van der Waals surface area contributed by atoms with Gasteiger partial charge in [-0.1, -0.05) is 6.07 Å². The average molecular weight is 305 g/mol. The van der Waals surface area contributed by atoms with E-state index in [1.165, 1.54) is 12.1 Å². The molecular weight excluding hydrogens is 294 g/mol. The smallest absolute Gasteiger partial charge is 0.398 e. The van der Waals surface area contributed by atoms with E-state index in [2.05, 4.69) is 0 Å². The number of nitrogens with zero attached hydrogens (tertiary/aromatic N) is 1. The number of carbonyl (C=O) groups excluding carboxylic acids is 2. The summed E-state index contributed by atoms with van der Waals surface area (Å²) >= 11 is 0. The van der Waals surface area contributed by atoms with Crippen LogP contribution in [0, 0.1) is 5.82 Å². The lowest BCUT2D eigenvalue weighted by Gasteiger charge is -2.24. The molecule has 1 atom stereocenters. The summed E-state index contributed by atoms with van der Waals surface area (Å²) in [6.45, 7) is -0.118. The summed E-state index contributed by atoms with van der Waals surface area (Å²) in [6, 6.07) is 2.41. The van der Waals surface area contributed by atoms with E-state index in [1.54, 1.807) is 5.32 Å². The van der Waals surface area contributed by atoms with Gasteiger partial charge in [0.15, 0.2) is 0 Å². The summed E-state index contributed by atoms with van der Waals surface area (Å²) in [5.74, 6) is -2.31. The summed E-state index contributed by atoms with van der Waals surface area (Å²) < 4.78 is 52.2. The molecule has 1 unspecified atom stereocenters. The van der Waals surface area contributed by atoms with Crippen molar-refractivity contribution in [2.24, 2.45) is 0 Å². The number of halogens is 4. The second kappa shape index (κ2) is 4.61. The first-order chi connectivity index (χ1) is 9.58. The van der Waals surface area contributed by atoms with Gasteiger partial charge in [-0.05, 0) is 19.1 Å². The zero-order chi connectivity index (χ0) is 16.0. The highest BCUT2D eigenvalue weighted by molar-refractivity contribution is 6.07. The topological polar surface area (TPSA) is 75.4 Å². The van der Waals surface area contributed by atoms with Crippen molar-refractivity contribution in [2.45, 2.75) is 25.2 Å². The van der Waals surface area contributed by atoms with E-state index in [1.807, 2.05) is 0 Å². The zero-order valence-electron chi connectivity index (χ0n) is 10.8. The van der Waals surface area contributed by atoms with Crippen LogP contribution in [-0.4, -0.2) is 28.6 Å². The SMILES string of the molecule is CC1(C(F)(F)F)NC(=O)N(Cc2c(N)cccc2F)C1=O. The first kappa shape index (κ1) is 15.1. The van der Waals surface area contributed by atoms with Crippen LogP contribution in [0.25, 0.3) is 0 Å². The minimum atomic E-state index is -4.96. The maximum atomic E-state index is 13.6. The number of imide groups is 1. The normalized spacial score (nSPS) is 22.6. The number of rotatable bonds is 2. The Balaban J connectivity index is 2.35. The highest BCUT2D eigenvalue weighted by Crippen LogP contribution is 2.36. The first-order valence-electron chi connectivity index (χ1n) is 5.81. The third-order valence-electron chi connectivity index (χ3n) is 3.31. The number of benzene rings is 1. The van der Waals surface area contributed by atoms with Crippen LogP contribution >= 0.6 is 0 Å². The Kier molecular flexibility index (Phi) is 3.31. The van der Waals surface area contributed by atoms with Crippen LogP contribution in [0.3, 0.4) is 0 Å². The number of amides is 3. The maximum Gasteiger partial charge on any atom is 0.420 e. The lowest BCUT2D eigenvalue weighted by molar-refractivity contribution is -0.191. The van der Waals surface area contributed by atoms with Gasteiger partial charge in [-0.3, -0.25) is 9.69 Å². The number of nitrogens with two attached hydrogens (primary N) is 1. The summed E-state index contributed by atoms with van der Waals surface area (Å²) in [5.41, 5.74) is 2.21. The molecule has 2 rings (SSSR count). The Morgan fingerprint density at radius 3 is 2.43 bits per heavy atom. The number of nitrogens with one attached hydrogen (secondary N) is 1. The minimum Gasteiger partial charge on any atom is -0.398 e. The molecule has 21 heavy (non-hydrogen) atoms. The fraction of sp³-hybridized carbons (Fsp3) is 0.333. The summed E-state index contributed by atoms with van der Waals surface area (Å²) in [4.78, 5) is 23.8. The van der Waals surface area contributed by atoms with Gasteiger partial charge in [0.1, 0.15) is 5.82 Å². The molecule has 1 saturated heterocycles. The highest BCUT2D eigenvalue weighted by Gasteiger charge is 2.64. The third kappa shape index (κ3) is 2.28. The largest absolute Gasteiger partial charge is 0.420 e. The molecule has 3 N–H and O–H groups in total. The van der Waals surface area contributed by atoms with Gasteiger partial charge in [0.05, 0.1) is 6.54 Å². The number of hydrogen-bond acceptors (Lipinski definition) is 3. The van der Waals surface area contributed by atoms with Gasteiger partial charge in [-0.2, -0.15) is 13.2 Å². The van der Waals surface area contributed by atoms with Crippen LogP contribution in [0.1, 0.15) is 12.5 Å². The van der Waals surface area contributed by atoms with Crippen molar-refractivity contribution in [3.63, 3.8) is 0 Å². The lowest BCUT2D eigenvalue weighted by Crippen LogP contribution is -2.56. The van der Waals surface area contributed by atoms with Crippen molar-refractivity contribution < 1.29 is 27.2 Å². The molecule has 1 aliphatic heterocycles. The van der Waals surface area contributed by atoms with E-state index >= 15 is 0 Å². The molecule has 9 heteroatoms. The predicted octanol–water partition coefficient (Wildman–Crippen LogP) is 1.78. The Morgan fingerprint density at radius 2 is 1.95 bits per heavy atom. The van der Waals surface area contributed by atoms with E-state index < -0.39 is 36.0 Å². The number of anilines is 1. The first-order valence-corrected chi connectivity index (χ1v) is 5.81. The fourth-order valence-electron chi connectivity index (χ4n) is 1.93. The Labute approximate surface area is 116 Å². The molecule has 3 amide bonds. The number of hydrogen-bond donors (Lipinski definition) is 2. The van der Waals surface area contributed by atoms with Gasteiger partial charge < -0.3 is 11.1 Å². The molecule has 5 nitrogen and oxygen atoms in total. The summed E-state index contributed by atoms with van der Waals surface area (Å²) in [7, 11) is 0. The van der Waals surface area contributed by atoms with E-state index in [0.717, 1.165) is 6.07 Å². The molecule has 1 aromatic carbocycles. The van der Waals surface area contributed by atoms with Gasteiger partial charge in [0, 0.05) is 11.3 Å². The van der Waals surface area contributed by atoms with Gasteiger partial charge in [0.2, 0.25) is 5.54 Å². The van der Waals surface area contributed by atoms with Crippen molar-refractivity contribution in [1.29, 1.82) is 0 Å². The monoisotopic (exact) mass is 305 g/mol. The summed E-state index contributed by atoms with van der Waals surface area (Å²) in [6.07, 6.45) is -4.96. The van der Waals surface area contributed by atoms with Crippen LogP contribution in [0.4, 0.5) is 28.0 Å². The molecule has 0 bridgehead atoms. The predicted molar refractivity (Wildman–Crippen MR) is 64.4 cm³/mol. The standard InChI is InChI=1S/C12H11F4N3O2/c1-11(12(14,15)16)9(20)19(10(21)18-11)5-6-7(13)3-2-4-8(6)17/h2-4H,5,17H2,1H3,(H,18,21). The minimum absolute atomic E-state index is 0.0591. The zero-order valence-corrected chi connectivity index (χ0v) is 10.8. The van der Waals surface area contributed by atoms with Crippen molar-refractivity contribution in [3.05, 3.63) is 29.6 Å². The van der Waals surface area contributed by atoms with Gasteiger partial charge in [0.25, 0.3) is 5.91 Å². The van der Waals surface area contributed by atoms with Crippen molar-refractivity contribution >= 4 is 17.6 Å². The number of alkyl halides is 3. The van der Waals surface area contributed by atoms with Crippen LogP contribution in [0.15, 0.2) is 18.2 Å². The fourth-order valence-corrected chi connectivity index (χ4v) is 1.93. The third-order valence-corrected chi connectivity index (χ3v) is 3.31. The van der Waals surface area contributed by atoms with Crippen LogP contribution in [-0.2, 0) is 11.3 Å². The number of nitrogen functional groups attached to an aromatic ring is 1. The Morgan fingerprint density at radius 1 is 1.33 bits per heavy atom. The molecule has 0 aromatic heterocycles. The molecule has 0 radical (unpaired) electrons. The summed E-state index contributed by atoms with van der Waals surface area (Å²) in [5, 5.41) is 1.58. The number of urea groups is 1. The molecule has 0 saturated carbocycles. The Bertz CT molecular complexity index is 597. The van der Waals surface area contributed by atoms with Gasteiger partial charge in [-0.15, -0.1) is 0 Å². The van der Waals surface area contributed by atoms with Crippen molar-refractivity contribution in [1.82, 2.24) is 10.2 Å². The number of carbonyl (C=O) groups is 2. The lowest BCUT2D eigenvalue weighted by atomic mass is 10.0. The van der Waals surface area contributed by atoms with Gasteiger partial charge >= 0.3 is 12.2 Å². The highest BCUT2D eigenvalue weighted by atomic mass is 19.4. The van der Waals surface area contributed by atoms with Gasteiger partial charge in [-0.25, -0.2) is 9.18 Å². The molecule has 1 heterocycles. The van der Waals surface area contributed by atoms with Crippen LogP contribution in [0.2, 0.25) is 0 Å². The molecule has 0 spiro atoms. The van der Waals surface area contributed by atoms with Crippen molar-refractivity contribution in [2.75, 3.05) is 5.73 Å². The van der Waals surface area contributed by atoms with E-state index in [0.29, 0.717) is 11.8 Å². The van der Waals surface area contributed by atoms with E-state index in [-0.39, 0.29) is 11.3 Å². The van der Waals surface area contributed by atoms with Crippen LogP contribution < -0.4 is 11.1 Å². The molecule has 0 aliphatic carbocycles. The quantitative estimate of drug-likeness (QED) is 0.497. The molecule has 114 valence electrons.